The molecule has 1 aromatic carbocycles. The lowest BCUT2D eigenvalue weighted by Gasteiger charge is -2.09. The molecule has 0 aliphatic heterocycles. The Morgan fingerprint density at radius 3 is 2.53 bits per heavy atom. The lowest BCUT2D eigenvalue weighted by atomic mass is 10.2. The predicted octanol–water partition coefficient (Wildman–Crippen LogP) is 0.533. The molecule has 1 aromatic rings. The van der Waals surface area contributed by atoms with E-state index in [0.717, 1.165) is 6.42 Å². The molecular weight excluding hydrogens is 220 g/mol. The maximum Gasteiger partial charge on any atom is 0.251 e. The minimum absolute atomic E-state index is 0.0964. The first-order valence-electron chi connectivity index (χ1n) is 5.44. The Labute approximate surface area is 99.9 Å². The van der Waals surface area contributed by atoms with Gasteiger partial charge in [0.15, 0.2) is 11.5 Å². The molecule has 2 rings (SSSR count). The smallest absolute Gasteiger partial charge is 0.251 e. The standard InChI is InChI=1S/C12H16N2O3/c1-16-10-4-3-7(5-11(10)17-2)12(15)14-9-6-8(9)13/h3-5,8-9H,6,13H2,1-2H3,(H,14,15). The Balaban J connectivity index is 2.12. The molecule has 2 atom stereocenters. The van der Waals surface area contributed by atoms with Gasteiger partial charge in [-0.1, -0.05) is 0 Å². The van der Waals surface area contributed by atoms with Crippen molar-refractivity contribution in [2.45, 2.75) is 18.5 Å². The third kappa shape index (κ3) is 2.50. The van der Waals surface area contributed by atoms with Crippen LogP contribution in [0.2, 0.25) is 0 Å². The Bertz CT molecular complexity index is 434. The number of nitrogens with two attached hydrogens (primary N) is 1. The zero-order valence-electron chi connectivity index (χ0n) is 9.90. The number of ether oxygens (including phenoxy) is 2. The summed E-state index contributed by atoms with van der Waals surface area (Å²) in [7, 11) is 3.09. The Kier molecular flexibility index (Phi) is 3.19. The molecule has 0 aromatic heterocycles. The molecule has 0 bridgehead atoms. The van der Waals surface area contributed by atoms with Crippen molar-refractivity contribution in [3.05, 3.63) is 23.8 Å². The molecular formula is C12H16N2O3. The molecule has 17 heavy (non-hydrogen) atoms. The van der Waals surface area contributed by atoms with Gasteiger partial charge in [0.05, 0.1) is 14.2 Å². The van der Waals surface area contributed by atoms with Gasteiger partial charge in [-0.2, -0.15) is 0 Å². The van der Waals surface area contributed by atoms with Crippen molar-refractivity contribution in [1.29, 1.82) is 0 Å². The van der Waals surface area contributed by atoms with E-state index in [1.54, 1.807) is 25.3 Å². The van der Waals surface area contributed by atoms with Crippen LogP contribution in [0.25, 0.3) is 0 Å². The van der Waals surface area contributed by atoms with Crippen LogP contribution in [0.4, 0.5) is 0 Å². The number of rotatable bonds is 4. The van der Waals surface area contributed by atoms with Crippen molar-refractivity contribution in [1.82, 2.24) is 5.32 Å². The van der Waals surface area contributed by atoms with Gasteiger partial charge in [-0.05, 0) is 24.6 Å². The van der Waals surface area contributed by atoms with E-state index >= 15 is 0 Å². The summed E-state index contributed by atoms with van der Waals surface area (Å²) in [4.78, 5) is 11.8. The van der Waals surface area contributed by atoms with Crippen molar-refractivity contribution in [2.24, 2.45) is 5.73 Å². The first kappa shape index (κ1) is 11.7. The van der Waals surface area contributed by atoms with Crippen LogP contribution in [0.3, 0.4) is 0 Å². The molecule has 1 fully saturated rings. The number of methoxy groups -OCH3 is 2. The maximum atomic E-state index is 11.8. The molecule has 1 saturated carbocycles. The van der Waals surface area contributed by atoms with Crippen molar-refractivity contribution < 1.29 is 14.3 Å². The predicted molar refractivity (Wildman–Crippen MR) is 63.4 cm³/mol. The molecule has 5 nitrogen and oxygen atoms in total. The van der Waals surface area contributed by atoms with Crippen molar-refractivity contribution in [2.75, 3.05) is 14.2 Å². The normalized spacial score (nSPS) is 21.8. The molecule has 0 heterocycles. The molecule has 1 aliphatic rings. The number of hydrogen-bond acceptors (Lipinski definition) is 4. The second-order valence-electron chi connectivity index (χ2n) is 4.05. The van der Waals surface area contributed by atoms with Crippen molar-refractivity contribution in [3.8, 4) is 11.5 Å². The van der Waals surface area contributed by atoms with E-state index in [1.165, 1.54) is 7.11 Å². The summed E-state index contributed by atoms with van der Waals surface area (Å²) in [5, 5.41) is 2.85. The number of nitrogens with one attached hydrogen (secondary N) is 1. The highest BCUT2D eigenvalue weighted by Crippen LogP contribution is 2.28. The van der Waals surface area contributed by atoms with E-state index in [-0.39, 0.29) is 18.0 Å². The molecule has 0 saturated heterocycles. The average molecular weight is 236 g/mol. The van der Waals surface area contributed by atoms with Crippen LogP contribution in [0, 0.1) is 0 Å². The molecule has 1 amide bonds. The summed E-state index contributed by atoms with van der Waals surface area (Å²) < 4.78 is 10.2. The highest BCUT2D eigenvalue weighted by Gasteiger charge is 2.34. The summed E-state index contributed by atoms with van der Waals surface area (Å²) in [5.41, 5.74) is 6.18. The van der Waals surface area contributed by atoms with E-state index in [2.05, 4.69) is 5.32 Å². The summed E-state index contributed by atoms with van der Waals surface area (Å²) >= 11 is 0. The van der Waals surface area contributed by atoms with Gasteiger partial charge < -0.3 is 20.5 Å². The number of hydrogen-bond donors (Lipinski definition) is 2. The van der Waals surface area contributed by atoms with Gasteiger partial charge in [-0.3, -0.25) is 4.79 Å². The van der Waals surface area contributed by atoms with Gasteiger partial charge in [0.1, 0.15) is 0 Å². The van der Waals surface area contributed by atoms with Crippen LogP contribution >= 0.6 is 0 Å². The van der Waals surface area contributed by atoms with Gasteiger partial charge in [0.2, 0.25) is 0 Å². The fraction of sp³-hybridized carbons (Fsp3) is 0.417. The number of carbonyl (C=O) groups is 1. The third-order valence-electron chi connectivity index (χ3n) is 2.80. The Morgan fingerprint density at radius 2 is 2.00 bits per heavy atom. The highest BCUT2D eigenvalue weighted by molar-refractivity contribution is 5.95. The number of carbonyl (C=O) groups excluding carboxylic acids is 1. The van der Waals surface area contributed by atoms with E-state index in [0.29, 0.717) is 17.1 Å². The van der Waals surface area contributed by atoms with Crippen molar-refractivity contribution in [3.63, 3.8) is 0 Å². The number of amides is 1. The van der Waals surface area contributed by atoms with Gasteiger partial charge in [0, 0.05) is 17.6 Å². The number of benzene rings is 1. The van der Waals surface area contributed by atoms with Gasteiger partial charge in [0.25, 0.3) is 5.91 Å². The average Bonchev–Trinajstić information content (AvgIpc) is 3.03. The Morgan fingerprint density at radius 1 is 1.35 bits per heavy atom. The zero-order valence-corrected chi connectivity index (χ0v) is 9.90. The van der Waals surface area contributed by atoms with Crippen LogP contribution in [0.5, 0.6) is 11.5 Å². The quantitative estimate of drug-likeness (QED) is 0.800. The van der Waals surface area contributed by atoms with E-state index in [1.807, 2.05) is 0 Å². The van der Waals surface area contributed by atoms with Gasteiger partial charge >= 0.3 is 0 Å². The molecule has 92 valence electrons. The molecule has 3 N–H and O–H groups in total. The fourth-order valence-electron chi connectivity index (χ4n) is 1.61. The van der Waals surface area contributed by atoms with Crippen LogP contribution in [-0.2, 0) is 0 Å². The van der Waals surface area contributed by atoms with Crippen LogP contribution in [0.15, 0.2) is 18.2 Å². The summed E-state index contributed by atoms with van der Waals surface area (Å²) in [5.74, 6) is 1.01. The summed E-state index contributed by atoms with van der Waals surface area (Å²) in [6.45, 7) is 0. The second-order valence-corrected chi connectivity index (χ2v) is 4.05. The van der Waals surface area contributed by atoms with Crippen LogP contribution in [-0.4, -0.2) is 32.2 Å². The van der Waals surface area contributed by atoms with E-state index in [9.17, 15) is 4.79 Å². The first-order chi connectivity index (χ1) is 8.15. The van der Waals surface area contributed by atoms with Crippen LogP contribution < -0.4 is 20.5 Å². The first-order valence-corrected chi connectivity index (χ1v) is 5.44. The highest BCUT2D eigenvalue weighted by atomic mass is 16.5. The third-order valence-corrected chi connectivity index (χ3v) is 2.80. The minimum atomic E-state index is -0.135. The lowest BCUT2D eigenvalue weighted by molar-refractivity contribution is 0.0950. The second kappa shape index (κ2) is 4.63. The molecule has 5 heteroatoms. The van der Waals surface area contributed by atoms with Gasteiger partial charge in [-0.15, -0.1) is 0 Å². The molecule has 0 radical (unpaired) electrons. The topological polar surface area (TPSA) is 73.6 Å². The van der Waals surface area contributed by atoms with E-state index < -0.39 is 0 Å². The monoisotopic (exact) mass is 236 g/mol. The molecule has 0 spiro atoms. The largest absolute Gasteiger partial charge is 0.493 e. The zero-order chi connectivity index (χ0) is 12.4. The molecule has 1 aliphatic carbocycles. The van der Waals surface area contributed by atoms with Crippen LogP contribution in [0.1, 0.15) is 16.8 Å². The summed E-state index contributed by atoms with van der Waals surface area (Å²) in [6, 6.07) is 5.27. The summed E-state index contributed by atoms with van der Waals surface area (Å²) in [6.07, 6.45) is 0.846. The fourth-order valence-corrected chi connectivity index (χ4v) is 1.61. The Hall–Kier alpha value is -1.75. The minimum Gasteiger partial charge on any atom is -0.493 e. The van der Waals surface area contributed by atoms with E-state index in [4.69, 9.17) is 15.2 Å². The SMILES string of the molecule is COc1ccc(C(=O)NC2CC2N)cc1OC. The lowest BCUT2D eigenvalue weighted by Crippen LogP contribution is -2.29. The maximum absolute atomic E-state index is 11.8. The molecule has 2 unspecified atom stereocenters. The van der Waals surface area contributed by atoms with Crippen molar-refractivity contribution >= 4 is 5.91 Å². The van der Waals surface area contributed by atoms with Gasteiger partial charge in [-0.25, -0.2) is 0 Å².